The summed E-state index contributed by atoms with van der Waals surface area (Å²) in [6, 6.07) is 7.50. The van der Waals surface area contributed by atoms with Crippen LogP contribution in [0.1, 0.15) is 53.8 Å². The fourth-order valence-electron chi connectivity index (χ4n) is 2.52. The van der Waals surface area contributed by atoms with Crippen LogP contribution in [0.4, 0.5) is 0 Å². The van der Waals surface area contributed by atoms with E-state index in [2.05, 4.69) is 31.9 Å². The molecule has 2 rings (SSSR count). The van der Waals surface area contributed by atoms with Gasteiger partial charge in [0.15, 0.2) is 0 Å². The Morgan fingerprint density at radius 1 is 1.18 bits per heavy atom. The Bertz CT molecular complexity index is 719. The minimum atomic E-state index is -0.415. The quantitative estimate of drug-likeness (QED) is 0.923. The number of aryl methyl sites for hydroxylation is 4. The molecule has 4 nitrogen and oxygen atoms in total. The smallest absolute Gasteiger partial charge is 0.271 e. The molecule has 118 valence electrons. The van der Waals surface area contributed by atoms with E-state index in [4.69, 9.17) is 5.73 Å². The van der Waals surface area contributed by atoms with Crippen molar-refractivity contribution in [3.63, 3.8) is 0 Å². The Morgan fingerprint density at radius 3 is 2.55 bits per heavy atom. The van der Waals surface area contributed by atoms with E-state index in [9.17, 15) is 4.79 Å². The third kappa shape index (κ3) is 3.45. The lowest BCUT2D eigenvalue weighted by Gasteiger charge is -2.16. The lowest BCUT2D eigenvalue weighted by molar-refractivity contribution is 0.529. The normalized spacial score (nSPS) is 12.4. The van der Waals surface area contributed by atoms with Crippen molar-refractivity contribution in [3.05, 3.63) is 62.6 Å². The third-order valence-electron chi connectivity index (χ3n) is 4.07. The second-order valence-corrected chi connectivity index (χ2v) is 5.94. The predicted octanol–water partition coefficient (Wildman–Crippen LogP) is 3.02. The Hall–Kier alpha value is -1.94. The first kappa shape index (κ1) is 16.4. The zero-order valence-electron chi connectivity index (χ0n) is 13.9. The van der Waals surface area contributed by atoms with Crippen molar-refractivity contribution in [2.45, 2.75) is 53.1 Å². The van der Waals surface area contributed by atoms with Crippen LogP contribution in [0.2, 0.25) is 0 Å². The third-order valence-corrected chi connectivity index (χ3v) is 4.07. The van der Waals surface area contributed by atoms with Crippen molar-refractivity contribution in [3.8, 4) is 0 Å². The van der Waals surface area contributed by atoms with Gasteiger partial charge in [0.2, 0.25) is 0 Å². The molecule has 1 atom stereocenters. The largest absolute Gasteiger partial charge is 0.320 e. The molecular formula is C18H25N3O. The van der Waals surface area contributed by atoms with Crippen molar-refractivity contribution in [2.24, 2.45) is 5.73 Å². The number of rotatable bonds is 5. The Kier molecular flexibility index (Phi) is 5.14. The van der Waals surface area contributed by atoms with Gasteiger partial charge in [-0.15, -0.1) is 0 Å². The maximum atomic E-state index is 12.6. The van der Waals surface area contributed by atoms with Crippen LogP contribution in [0.25, 0.3) is 0 Å². The van der Waals surface area contributed by atoms with Gasteiger partial charge >= 0.3 is 0 Å². The summed E-state index contributed by atoms with van der Waals surface area (Å²) in [6.07, 6.45) is 1.97. The molecule has 0 saturated heterocycles. The summed E-state index contributed by atoms with van der Waals surface area (Å²) in [4.78, 5) is 12.6. The average molecular weight is 299 g/mol. The molecule has 0 aliphatic rings. The fraction of sp³-hybridized carbons (Fsp3) is 0.444. The van der Waals surface area contributed by atoms with Gasteiger partial charge < -0.3 is 5.73 Å². The van der Waals surface area contributed by atoms with Gasteiger partial charge in [-0.05, 0) is 49.9 Å². The molecule has 0 aliphatic carbocycles. The Balaban J connectivity index is 2.44. The second-order valence-electron chi connectivity index (χ2n) is 5.94. The summed E-state index contributed by atoms with van der Waals surface area (Å²) in [5, 5.41) is 4.33. The highest BCUT2D eigenvalue weighted by atomic mass is 16.1. The fourth-order valence-corrected chi connectivity index (χ4v) is 2.52. The number of benzene rings is 1. The number of unbranched alkanes of at least 4 members (excludes halogenated alkanes) is 1. The maximum Gasteiger partial charge on any atom is 0.271 e. The van der Waals surface area contributed by atoms with Crippen LogP contribution in [-0.4, -0.2) is 9.78 Å². The molecule has 0 spiro atoms. The number of nitrogens with zero attached hydrogens (tertiary/aromatic N) is 2. The van der Waals surface area contributed by atoms with Gasteiger partial charge in [-0.2, -0.15) is 5.10 Å². The van der Waals surface area contributed by atoms with E-state index in [0.717, 1.165) is 24.1 Å². The molecule has 1 aromatic heterocycles. The Morgan fingerprint density at radius 2 is 1.91 bits per heavy atom. The van der Waals surface area contributed by atoms with E-state index in [1.807, 2.05) is 25.1 Å². The van der Waals surface area contributed by atoms with Crippen LogP contribution in [0.5, 0.6) is 0 Å². The molecule has 1 heterocycles. The second kappa shape index (κ2) is 6.88. The van der Waals surface area contributed by atoms with Gasteiger partial charge in [0.05, 0.1) is 11.7 Å². The summed E-state index contributed by atoms with van der Waals surface area (Å²) in [7, 11) is 0. The van der Waals surface area contributed by atoms with Crippen molar-refractivity contribution in [2.75, 3.05) is 0 Å². The van der Waals surface area contributed by atoms with Gasteiger partial charge in [-0.25, -0.2) is 4.68 Å². The van der Waals surface area contributed by atoms with Crippen molar-refractivity contribution in [1.82, 2.24) is 9.78 Å². The topological polar surface area (TPSA) is 60.9 Å². The van der Waals surface area contributed by atoms with Crippen LogP contribution in [-0.2, 0) is 6.54 Å². The minimum absolute atomic E-state index is 0.0789. The maximum absolute atomic E-state index is 12.6. The van der Waals surface area contributed by atoms with Crippen molar-refractivity contribution >= 4 is 0 Å². The molecule has 0 radical (unpaired) electrons. The number of nitrogens with two attached hydrogens (primary N) is 1. The molecule has 1 unspecified atom stereocenters. The van der Waals surface area contributed by atoms with Crippen LogP contribution in [0.15, 0.2) is 29.1 Å². The molecule has 0 saturated carbocycles. The summed E-state index contributed by atoms with van der Waals surface area (Å²) in [6.45, 7) is 8.77. The van der Waals surface area contributed by atoms with Crippen molar-refractivity contribution in [1.29, 1.82) is 0 Å². The van der Waals surface area contributed by atoms with E-state index in [1.165, 1.54) is 11.1 Å². The Labute approximate surface area is 132 Å². The first-order chi connectivity index (χ1) is 10.4. The van der Waals surface area contributed by atoms with Crippen molar-refractivity contribution < 1.29 is 0 Å². The van der Waals surface area contributed by atoms with E-state index < -0.39 is 6.04 Å². The average Bonchev–Trinajstić information content (AvgIpc) is 2.49. The molecule has 4 heteroatoms. The summed E-state index contributed by atoms with van der Waals surface area (Å²) in [5.74, 6) is 0. The molecule has 1 aromatic carbocycles. The van der Waals surface area contributed by atoms with E-state index >= 15 is 0 Å². The highest BCUT2D eigenvalue weighted by molar-refractivity contribution is 5.36. The molecule has 2 N–H and O–H groups in total. The highest BCUT2D eigenvalue weighted by Crippen LogP contribution is 2.20. The zero-order chi connectivity index (χ0) is 16.3. The summed E-state index contributed by atoms with van der Waals surface area (Å²) >= 11 is 0. The molecule has 0 aliphatic heterocycles. The van der Waals surface area contributed by atoms with Gasteiger partial charge in [-0.1, -0.05) is 31.5 Å². The lowest BCUT2D eigenvalue weighted by Crippen LogP contribution is -2.31. The first-order valence-electron chi connectivity index (χ1n) is 7.85. The van der Waals surface area contributed by atoms with E-state index in [0.29, 0.717) is 12.1 Å². The SMILES string of the molecule is CCCCn1nc(C)cc(C(N)c2ccc(C)c(C)c2)c1=O. The lowest BCUT2D eigenvalue weighted by atomic mass is 9.97. The molecular weight excluding hydrogens is 274 g/mol. The number of hydrogen-bond donors (Lipinski definition) is 1. The van der Waals surface area contributed by atoms with Gasteiger partial charge in [0, 0.05) is 12.1 Å². The zero-order valence-corrected chi connectivity index (χ0v) is 13.9. The minimum Gasteiger partial charge on any atom is -0.320 e. The van der Waals surface area contributed by atoms with E-state index in [1.54, 1.807) is 4.68 Å². The van der Waals surface area contributed by atoms with Crippen LogP contribution in [0, 0.1) is 20.8 Å². The first-order valence-corrected chi connectivity index (χ1v) is 7.85. The monoisotopic (exact) mass is 299 g/mol. The summed E-state index contributed by atoms with van der Waals surface area (Å²) in [5.41, 5.74) is 11.1. The molecule has 2 aromatic rings. The molecule has 0 fully saturated rings. The van der Waals surface area contributed by atoms with Crippen LogP contribution in [0.3, 0.4) is 0 Å². The van der Waals surface area contributed by atoms with Gasteiger partial charge in [-0.3, -0.25) is 4.79 Å². The number of hydrogen-bond acceptors (Lipinski definition) is 3. The van der Waals surface area contributed by atoms with Gasteiger partial charge in [0.1, 0.15) is 0 Å². The van der Waals surface area contributed by atoms with Gasteiger partial charge in [0.25, 0.3) is 5.56 Å². The standard InChI is InChI=1S/C18H25N3O/c1-5-6-9-21-18(22)16(11-14(4)20-21)17(19)15-8-7-12(2)13(3)10-15/h7-8,10-11,17H,5-6,9,19H2,1-4H3. The summed E-state index contributed by atoms with van der Waals surface area (Å²) < 4.78 is 1.55. The van der Waals surface area contributed by atoms with E-state index in [-0.39, 0.29) is 5.56 Å². The predicted molar refractivity (Wildman–Crippen MR) is 90.1 cm³/mol. The number of aromatic nitrogens is 2. The molecule has 22 heavy (non-hydrogen) atoms. The van der Waals surface area contributed by atoms with Crippen LogP contribution < -0.4 is 11.3 Å². The molecule has 0 bridgehead atoms. The van der Waals surface area contributed by atoms with Crippen LogP contribution >= 0.6 is 0 Å². The molecule has 0 amide bonds. The highest BCUT2D eigenvalue weighted by Gasteiger charge is 2.16.